The van der Waals surface area contributed by atoms with Crippen LogP contribution in [0.2, 0.25) is 0 Å². The number of hydrogen-bond acceptors (Lipinski definition) is 2. The Bertz CT molecular complexity index is 847. The van der Waals surface area contributed by atoms with Crippen molar-refractivity contribution in [2.24, 2.45) is 0 Å². The summed E-state index contributed by atoms with van der Waals surface area (Å²) in [5.74, 6) is 0. The lowest BCUT2D eigenvalue weighted by molar-refractivity contribution is 0.280. The van der Waals surface area contributed by atoms with Crippen LogP contribution in [-0.2, 0) is 13.2 Å². The SMILES string of the molecule is C=C(Cl)/C=C(\C=C(C)Cl)Sc1c(C)c(CO)c(C)n1Cc1ccccc1. The highest BCUT2D eigenvalue weighted by Crippen LogP contribution is 2.37. The molecule has 1 N–H and O–H groups in total. The lowest BCUT2D eigenvalue weighted by Crippen LogP contribution is -2.04. The maximum atomic E-state index is 9.82. The molecule has 0 radical (unpaired) electrons. The number of aliphatic hydroxyl groups excluding tert-OH is 1. The summed E-state index contributed by atoms with van der Waals surface area (Å²) in [7, 11) is 0. The van der Waals surface area contributed by atoms with Crippen LogP contribution < -0.4 is 0 Å². The molecule has 2 aromatic rings. The molecular formula is C21H23Cl2NOS. The van der Waals surface area contributed by atoms with E-state index in [1.807, 2.05) is 45.0 Å². The summed E-state index contributed by atoms with van der Waals surface area (Å²) in [6.07, 6.45) is 3.67. The molecule has 0 amide bonds. The van der Waals surface area contributed by atoms with Crippen molar-refractivity contribution < 1.29 is 5.11 Å². The van der Waals surface area contributed by atoms with Crippen LogP contribution in [-0.4, -0.2) is 9.67 Å². The number of hydrogen-bond donors (Lipinski definition) is 1. The third-order valence-corrected chi connectivity index (χ3v) is 5.47. The maximum absolute atomic E-state index is 9.82. The van der Waals surface area contributed by atoms with E-state index >= 15 is 0 Å². The highest BCUT2D eigenvalue weighted by atomic mass is 35.5. The summed E-state index contributed by atoms with van der Waals surface area (Å²) in [4.78, 5) is 0.900. The number of thioether (sulfide) groups is 1. The molecule has 0 aliphatic heterocycles. The third-order valence-electron chi connectivity index (χ3n) is 4.06. The predicted molar refractivity (Wildman–Crippen MR) is 114 cm³/mol. The summed E-state index contributed by atoms with van der Waals surface area (Å²) in [6.45, 7) is 10.4. The topological polar surface area (TPSA) is 25.2 Å². The Balaban J connectivity index is 2.52. The van der Waals surface area contributed by atoms with Crippen molar-refractivity contribution in [3.63, 3.8) is 0 Å². The number of nitrogens with zero attached hydrogens (tertiary/aromatic N) is 1. The molecule has 1 heterocycles. The first-order valence-corrected chi connectivity index (χ1v) is 9.81. The molecule has 0 aliphatic rings. The van der Waals surface area contributed by atoms with Crippen molar-refractivity contribution in [1.29, 1.82) is 0 Å². The van der Waals surface area contributed by atoms with Crippen LogP contribution in [0.25, 0.3) is 0 Å². The molecule has 138 valence electrons. The number of allylic oxidation sites excluding steroid dienone is 4. The van der Waals surface area contributed by atoms with Crippen molar-refractivity contribution >= 4 is 35.0 Å². The molecule has 2 rings (SSSR count). The van der Waals surface area contributed by atoms with Crippen molar-refractivity contribution in [3.05, 3.63) is 86.4 Å². The highest BCUT2D eigenvalue weighted by molar-refractivity contribution is 8.03. The van der Waals surface area contributed by atoms with Gasteiger partial charge < -0.3 is 9.67 Å². The zero-order valence-corrected chi connectivity index (χ0v) is 17.5. The Hall–Kier alpha value is -1.39. The average molecular weight is 408 g/mol. The first kappa shape index (κ1) is 20.9. The molecule has 0 spiro atoms. The van der Waals surface area contributed by atoms with Gasteiger partial charge in [0.05, 0.1) is 11.6 Å². The first-order valence-electron chi connectivity index (χ1n) is 8.24. The van der Waals surface area contributed by atoms with Gasteiger partial charge in [0.15, 0.2) is 0 Å². The van der Waals surface area contributed by atoms with Gasteiger partial charge in [0.1, 0.15) is 0 Å². The van der Waals surface area contributed by atoms with Crippen molar-refractivity contribution in [3.8, 4) is 0 Å². The lowest BCUT2D eigenvalue weighted by atomic mass is 10.2. The highest BCUT2D eigenvalue weighted by Gasteiger charge is 2.18. The molecule has 26 heavy (non-hydrogen) atoms. The van der Waals surface area contributed by atoms with Gasteiger partial charge in [-0.2, -0.15) is 0 Å². The Kier molecular flexibility index (Phi) is 7.66. The van der Waals surface area contributed by atoms with Crippen LogP contribution in [0.5, 0.6) is 0 Å². The molecule has 1 aromatic carbocycles. The minimum absolute atomic E-state index is 0.0126. The summed E-state index contributed by atoms with van der Waals surface area (Å²) >= 11 is 13.6. The van der Waals surface area contributed by atoms with E-state index in [2.05, 4.69) is 23.3 Å². The Morgan fingerprint density at radius 1 is 1.19 bits per heavy atom. The van der Waals surface area contributed by atoms with Crippen LogP contribution in [0, 0.1) is 13.8 Å². The largest absolute Gasteiger partial charge is 0.392 e. The van der Waals surface area contributed by atoms with Gasteiger partial charge in [-0.1, -0.05) is 71.9 Å². The minimum Gasteiger partial charge on any atom is -0.392 e. The Morgan fingerprint density at radius 3 is 2.38 bits per heavy atom. The minimum atomic E-state index is 0.0126. The fraction of sp³-hybridized carbons (Fsp3) is 0.238. The summed E-state index contributed by atoms with van der Waals surface area (Å²) in [6, 6.07) is 10.3. The van der Waals surface area contributed by atoms with Gasteiger partial charge >= 0.3 is 0 Å². The fourth-order valence-electron chi connectivity index (χ4n) is 2.80. The van der Waals surface area contributed by atoms with Crippen molar-refractivity contribution in [2.45, 2.75) is 38.9 Å². The first-order chi connectivity index (χ1) is 12.3. The van der Waals surface area contributed by atoms with E-state index in [0.717, 1.165) is 33.3 Å². The number of rotatable bonds is 7. The monoisotopic (exact) mass is 407 g/mol. The molecule has 1 aromatic heterocycles. The van der Waals surface area contributed by atoms with E-state index in [1.165, 1.54) is 5.56 Å². The molecule has 2 nitrogen and oxygen atoms in total. The molecule has 0 saturated carbocycles. The number of halogens is 2. The van der Waals surface area contributed by atoms with Gasteiger partial charge in [0.2, 0.25) is 0 Å². The van der Waals surface area contributed by atoms with E-state index in [1.54, 1.807) is 17.8 Å². The van der Waals surface area contributed by atoms with Crippen LogP contribution in [0.1, 0.15) is 29.3 Å². The van der Waals surface area contributed by atoms with Gasteiger partial charge in [0.25, 0.3) is 0 Å². The standard InChI is InChI=1S/C21H23Cl2NOS/c1-14(22)10-19(11-15(2)23)26-21-16(3)20(13-25)17(4)24(21)12-18-8-6-5-7-9-18/h5-11,25H,1,12-13H2,2-4H3/b15-11?,19-10+. The normalized spacial score (nSPS) is 12.5. The predicted octanol–water partition coefficient (Wildman–Crippen LogP) is 6.52. The molecule has 0 unspecified atom stereocenters. The molecule has 5 heteroatoms. The lowest BCUT2D eigenvalue weighted by Gasteiger charge is -2.13. The molecule has 0 fully saturated rings. The zero-order chi connectivity index (χ0) is 19.3. The Labute approximate surface area is 169 Å². The molecule has 0 atom stereocenters. The molecule has 0 bridgehead atoms. The van der Waals surface area contributed by atoms with E-state index < -0.39 is 0 Å². The smallest absolute Gasteiger partial charge is 0.0835 e. The van der Waals surface area contributed by atoms with E-state index in [-0.39, 0.29) is 6.61 Å². The molecule has 0 saturated heterocycles. The van der Waals surface area contributed by atoms with Crippen LogP contribution in [0.15, 0.2) is 69.1 Å². The zero-order valence-electron chi connectivity index (χ0n) is 15.2. The quantitative estimate of drug-likeness (QED) is 0.417. The second-order valence-corrected chi connectivity index (χ2v) is 8.19. The van der Waals surface area contributed by atoms with Crippen LogP contribution in [0.3, 0.4) is 0 Å². The van der Waals surface area contributed by atoms with Crippen molar-refractivity contribution in [2.75, 3.05) is 0 Å². The summed E-state index contributed by atoms with van der Waals surface area (Å²) in [5.41, 5.74) is 4.29. The maximum Gasteiger partial charge on any atom is 0.0835 e. The number of aliphatic hydroxyl groups is 1. The molecular weight excluding hydrogens is 385 g/mol. The van der Waals surface area contributed by atoms with E-state index in [9.17, 15) is 5.11 Å². The van der Waals surface area contributed by atoms with E-state index in [0.29, 0.717) is 10.1 Å². The number of benzene rings is 1. The van der Waals surface area contributed by atoms with Crippen molar-refractivity contribution in [1.82, 2.24) is 4.57 Å². The third kappa shape index (κ3) is 5.31. The average Bonchev–Trinajstić information content (AvgIpc) is 2.78. The fourth-order valence-corrected chi connectivity index (χ4v) is 4.41. The number of aromatic nitrogens is 1. The van der Waals surface area contributed by atoms with E-state index in [4.69, 9.17) is 23.2 Å². The van der Waals surface area contributed by atoms with Crippen LogP contribution in [0.4, 0.5) is 0 Å². The summed E-state index contributed by atoms with van der Waals surface area (Å²) in [5, 5.41) is 12.0. The van der Waals surface area contributed by atoms with Gasteiger partial charge in [-0.25, -0.2) is 0 Å². The second-order valence-electron chi connectivity index (χ2n) is 6.05. The van der Waals surface area contributed by atoms with Crippen LogP contribution >= 0.6 is 35.0 Å². The van der Waals surface area contributed by atoms with Gasteiger partial charge in [-0.15, -0.1) is 0 Å². The van der Waals surface area contributed by atoms with Gasteiger partial charge in [0, 0.05) is 32.8 Å². The summed E-state index contributed by atoms with van der Waals surface area (Å²) < 4.78 is 2.23. The second kappa shape index (κ2) is 9.52. The Morgan fingerprint density at radius 2 is 1.85 bits per heavy atom. The van der Waals surface area contributed by atoms with Gasteiger partial charge in [-0.05, 0) is 44.1 Å². The molecule has 0 aliphatic carbocycles. The van der Waals surface area contributed by atoms with Gasteiger partial charge in [-0.3, -0.25) is 0 Å².